The van der Waals surface area contributed by atoms with Gasteiger partial charge < -0.3 is 5.32 Å². The number of nitrogens with zero attached hydrogens (tertiary/aromatic N) is 1. The van der Waals surface area contributed by atoms with Crippen LogP contribution in [0.1, 0.15) is 38.4 Å². The second-order valence-corrected chi connectivity index (χ2v) is 4.71. The van der Waals surface area contributed by atoms with Gasteiger partial charge in [-0.15, -0.1) is 0 Å². The molecule has 1 heterocycles. The molecule has 1 N–H and O–H groups in total. The highest BCUT2D eigenvalue weighted by atomic mass is 14.8. The lowest BCUT2D eigenvalue weighted by atomic mass is 10.1. The molecule has 0 aliphatic rings. The van der Waals surface area contributed by atoms with Gasteiger partial charge in [0.1, 0.15) is 0 Å². The minimum atomic E-state index is 0.738. The maximum Gasteiger partial charge on any atom is 0.0404 e. The molecule has 1 aromatic heterocycles. The molecule has 1 rings (SSSR count). The quantitative estimate of drug-likeness (QED) is 0.715. The summed E-state index contributed by atoms with van der Waals surface area (Å²) in [4.78, 5) is 4.45. The minimum Gasteiger partial charge on any atom is -0.316 e. The van der Waals surface area contributed by atoms with Gasteiger partial charge in [0.2, 0.25) is 0 Å². The van der Waals surface area contributed by atoms with Crippen LogP contribution in [0.2, 0.25) is 0 Å². The van der Waals surface area contributed by atoms with E-state index in [4.69, 9.17) is 0 Å². The van der Waals surface area contributed by atoms with Crippen molar-refractivity contribution in [2.24, 2.45) is 5.92 Å². The van der Waals surface area contributed by atoms with E-state index in [9.17, 15) is 0 Å². The average molecular weight is 220 g/mol. The topological polar surface area (TPSA) is 24.9 Å². The van der Waals surface area contributed by atoms with E-state index in [2.05, 4.69) is 43.2 Å². The second kappa shape index (κ2) is 7.39. The van der Waals surface area contributed by atoms with Gasteiger partial charge in [0.25, 0.3) is 0 Å². The Bertz CT molecular complexity index is 277. The summed E-state index contributed by atoms with van der Waals surface area (Å²) in [6.45, 7) is 8.83. The van der Waals surface area contributed by atoms with E-state index < -0.39 is 0 Å². The lowest BCUT2D eigenvalue weighted by molar-refractivity contribution is 0.542. The summed E-state index contributed by atoms with van der Waals surface area (Å²) < 4.78 is 0. The van der Waals surface area contributed by atoms with E-state index in [0.29, 0.717) is 0 Å². The Labute approximate surface area is 99.5 Å². The maximum atomic E-state index is 4.45. The summed E-state index contributed by atoms with van der Waals surface area (Å²) in [7, 11) is 0. The molecule has 0 spiro atoms. The van der Waals surface area contributed by atoms with Crippen LogP contribution < -0.4 is 5.32 Å². The zero-order valence-corrected chi connectivity index (χ0v) is 10.8. The molecule has 90 valence electrons. The van der Waals surface area contributed by atoms with Crippen LogP contribution in [0, 0.1) is 5.92 Å². The van der Waals surface area contributed by atoms with Crippen LogP contribution in [0.25, 0.3) is 0 Å². The molecule has 0 unspecified atom stereocenters. The molecular weight excluding hydrogens is 196 g/mol. The Morgan fingerprint density at radius 1 is 1.31 bits per heavy atom. The van der Waals surface area contributed by atoms with Crippen molar-refractivity contribution in [3.05, 3.63) is 29.6 Å². The van der Waals surface area contributed by atoms with Crippen molar-refractivity contribution in [2.45, 2.75) is 40.0 Å². The number of rotatable bonds is 7. The van der Waals surface area contributed by atoms with Crippen molar-refractivity contribution in [1.29, 1.82) is 0 Å². The number of aryl methyl sites for hydroxylation is 2. The van der Waals surface area contributed by atoms with Crippen LogP contribution >= 0.6 is 0 Å². The van der Waals surface area contributed by atoms with E-state index in [1.165, 1.54) is 17.7 Å². The molecular formula is C14H24N2. The van der Waals surface area contributed by atoms with Gasteiger partial charge in [-0.2, -0.15) is 0 Å². The zero-order chi connectivity index (χ0) is 11.8. The fraction of sp³-hybridized carbons (Fsp3) is 0.643. The molecule has 0 saturated carbocycles. The third-order valence-electron chi connectivity index (χ3n) is 2.63. The Morgan fingerprint density at radius 2 is 2.12 bits per heavy atom. The van der Waals surface area contributed by atoms with E-state index in [1.54, 1.807) is 0 Å². The molecule has 0 saturated heterocycles. The lowest BCUT2D eigenvalue weighted by Crippen LogP contribution is -2.21. The SMILES string of the molecule is CCc1ccc(CCCNCC(C)C)nc1. The van der Waals surface area contributed by atoms with E-state index in [0.717, 1.165) is 31.8 Å². The third kappa shape index (κ3) is 5.26. The number of hydrogen-bond donors (Lipinski definition) is 1. The highest BCUT2D eigenvalue weighted by molar-refractivity contribution is 5.13. The molecule has 16 heavy (non-hydrogen) atoms. The normalized spacial score (nSPS) is 11.0. The van der Waals surface area contributed by atoms with Gasteiger partial charge in [0.05, 0.1) is 0 Å². The van der Waals surface area contributed by atoms with Crippen molar-refractivity contribution >= 4 is 0 Å². The monoisotopic (exact) mass is 220 g/mol. The molecule has 0 amide bonds. The fourth-order valence-electron chi connectivity index (χ4n) is 1.60. The number of nitrogens with one attached hydrogen (secondary N) is 1. The highest BCUT2D eigenvalue weighted by Gasteiger charge is 1.96. The predicted molar refractivity (Wildman–Crippen MR) is 69.6 cm³/mol. The van der Waals surface area contributed by atoms with Crippen molar-refractivity contribution in [2.75, 3.05) is 13.1 Å². The van der Waals surface area contributed by atoms with Crippen molar-refractivity contribution < 1.29 is 0 Å². The van der Waals surface area contributed by atoms with E-state index in [-0.39, 0.29) is 0 Å². The summed E-state index contributed by atoms with van der Waals surface area (Å²) in [5.41, 5.74) is 2.53. The number of pyridine rings is 1. The Hall–Kier alpha value is -0.890. The van der Waals surface area contributed by atoms with Gasteiger partial charge >= 0.3 is 0 Å². The first-order valence-electron chi connectivity index (χ1n) is 6.37. The van der Waals surface area contributed by atoms with Gasteiger partial charge in [-0.25, -0.2) is 0 Å². The van der Waals surface area contributed by atoms with Crippen LogP contribution in [0.15, 0.2) is 18.3 Å². The first kappa shape index (κ1) is 13.2. The van der Waals surface area contributed by atoms with Gasteiger partial charge in [-0.05, 0) is 49.9 Å². The Kier molecular flexibility index (Phi) is 6.09. The lowest BCUT2D eigenvalue weighted by Gasteiger charge is -2.07. The standard InChI is InChI=1S/C14H24N2/c1-4-13-7-8-14(16-11-13)6-5-9-15-10-12(2)3/h7-8,11-12,15H,4-6,9-10H2,1-3H3. The molecule has 0 aromatic carbocycles. The molecule has 0 radical (unpaired) electrons. The molecule has 0 aliphatic carbocycles. The van der Waals surface area contributed by atoms with Crippen molar-refractivity contribution in [3.8, 4) is 0 Å². The summed E-state index contributed by atoms with van der Waals surface area (Å²) >= 11 is 0. The first-order chi connectivity index (χ1) is 7.72. The largest absolute Gasteiger partial charge is 0.316 e. The average Bonchev–Trinajstić information content (AvgIpc) is 2.29. The fourth-order valence-corrected chi connectivity index (χ4v) is 1.60. The van der Waals surface area contributed by atoms with E-state index >= 15 is 0 Å². The molecule has 1 aromatic rings. The smallest absolute Gasteiger partial charge is 0.0404 e. The third-order valence-corrected chi connectivity index (χ3v) is 2.63. The summed E-state index contributed by atoms with van der Waals surface area (Å²) in [5, 5.41) is 3.45. The van der Waals surface area contributed by atoms with Crippen LogP contribution in [-0.4, -0.2) is 18.1 Å². The molecule has 0 atom stereocenters. The van der Waals surface area contributed by atoms with Crippen LogP contribution in [0.3, 0.4) is 0 Å². The predicted octanol–water partition coefficient (Wildman–Crippen LogP) is 2.82. The Morgan fingerprint density at radius 3 is 2.69 bits per heavy atom. The van der Waals surface area contributed by atoms with Gasteiger partial charge in [0.15, 0.2) is 0 Å². The van der Waals surface area contributed by atoms with Crippen molar-refractivity contribution in [3.63, 3.8) is 0 Å². The molecule has 2 nitrogen and oxygen atoms in total. The van der Waals surface area contributed by atoms with Crippen LogP contribution in [-0.2, 0) is 12.8 Å². The summed E-state index contributed by atoms with van der Waals surface area (Å²) in [6, 6.07) is 4.34. The van der Waals surface area contributed by atoms with Gasteiger partial charge in [-0.3, -0.25) is 4.98 Å². The molecule has 0 aliphatic heterocycles. The summed E-state index contributed by atoms with van der Waals surface area (Å²) in [6.07, 6.45) is 5.32. The van der Waals surface area contributed by atoms with Gasteiger partial charge in [-0.1, -0.05) is 26.8 Å². The number of aromatic nitrogens is 1. The van der Waals surface area contributed by atoms with Crippen LogP contribution in [0.4, 0.5) is 0 Å². The van der Waals surface area contributed by atoms with Crippen molar-refractivity contribution in [1.82, 2.24) is 10.3 Å². The molecule has 0 fully saturated rings. The summed E-state index contributed by atoms with van der Waals surface area (Å²) in [5.74, 6) is 0.738. The van der Waals surface area contributed by atoms with E-state index in [1.807, 2.05) is 6.20 Å². The van der Waals surface area contributed by atoms with Gasteiger partial charge in [0, 0.05) is 11.9 Å². The second-order valence-electron chi connectivity index (χ2n) is 4.71. The molecule has 0 bridgehead atoms. The number of hydrogen-bond acceptors (Lipinski definition) is 2. The Balaban J connectivity index is 2.16. The van der Waals surface area contributed by atoms with Crippen LogP contribution in [0.5, 0.6) is 0 Å². The highest BCUT2D eigenvalue weighted by Crippen LogP contribution is 2.03. The minimum absolute atomic E-state index is 0.738. The zero-order valence-electron chi connectivity index (χ0n) is 10.8. The first-order valence-corrected chi connectivity index (χ1v) is 6.37. The maximum absolute atomic E-state index is 4.45. The molecule has 2 heteroatoms.